The summed E-state index contributed by atoms with van der Waals surface area (Å²) in [6.45, 7) is 1.60. The van der Waals surface area contributed by atoms with E-state index >= 15 is 0 Å². The average Bonchev–Trinajstić information content (AvgIpc) is 2.43. The van der Waals surface area contributed by atoms with Crippen LogP contribution in [0.3, 0.4) is 0 Å². The zero-order valence-electron chi connectivity index (χ0n) is 11.8. The number of methoxy groups -OCH3 is 2. The highest BCUT2D eigenvalue weighted by Crippen LogP contribution is 2.08. The number of aliphatic carboxylic acids is 1. The van der Waals surface area contributed by atoms with Gasteiger partial charge in [0, 0.05) is 11.1 Å². The zero-order chi connectivity index (χ0) is 15.9. The van der Waals surface area contributed by atoms with Gasteiger partial charge in [0.2, 0.25) is 0 Å². The fourth-order valence-electron chi connectivity index (χ4n) is 1.20. The maximum absolute atomic E-state index is 12.1. The van der Waals surface area contributed by atoms with Crippen LogP contribution in [0.2, 0.25) is 0 Å². The summed E-state index contributed by atoms with van der Waals surface area (Å²) in [4.78, 5) is 46.2. The third-order valence-corrected chi connectivity index (χ3v) is 2.59. The highest BCUT2D eigenvalue weighted by Gasteiger charge is 2.24. The second-order valence-electron chi connectivity index (χ2n) is 3.87. The molecule has 0 radical (unpaired) electrons. The molecule has 8 heteroatoms. The van der Waals surface area contributed by atoms with Crippen LogP contribution in [0.4, 0.5) is 0 Å². The van der Waals surface area contributed by atoms with E-state index in [1.54, 1.807) is 0 Å². The van der Waals surface area contributed by atoms with E-state index in [1.165, 1.54) is 13.8 Å². The van der Waals surface area contributed by atoms with Crippen molar-refractivity contribution in [2.75, 3.05) is 27.3 Å². The van der Waals surface area contributed by atoms with Crippen molar-refractivity contribution in [1.29, 1.82) is 0 Å². The van der Waals surface area contributed by atoms with E-state index in [0.717, 1.165) is 19.1 Å². The molecule has 20 heavy (non-hydrogen) atoms. The quantitative estimate of drug-likeness (QED) is 0.522. The third-order valence-electron chi connectivity index (χ3n) is 2.59. The molecule has 0 atom stereocenters. The first-order chi connectivity index (χ1) is 9.24. The Hall–Kier alpha value is -2.38. The van der Waals surface area contributed by atoms with Crippen LogP contribution < -0.4 is 0 Å². The summed E-state index contributed by atoms with van der Waals surface area (Å²) < 4.78 is 8.83. The lowest BCUT2D eigenvalue weighted by molar-refractivity contribution is -0.150. The first-order valence-corrected chi connectivity index (χ1v) is 5.58. The van der Waals surface area contributed by atoms with Crippen molar-refractivity contribution in [2.24, 2.45) is 0 Å². The van der Waals surface area contributed by atoms with Crippen LogP contribution in [0.15, 0.2) is 11.1 Å². The molecule has 0 aromatic carbocycles. The summed E-state index contributed by atoms with van der Waals surface area (Å²) in [5.41, 5.74) is -0.250. The van der Waals surface area contributed by atoms with Gasteiger partial charge in [-0.3, -0.25) is 14.4 Å². The fourth-order valence-corrected chi connectivity index (χ4v) is 1.20. The SMILES string of the molecule is COC(=O)CN(CC(=O)OC)C(=O)C(C)=C(C)C(=O)O. The lowest BCUT2D eigenvalue weighted by Gasteiger charge is -2.20. The van der Waals surface area contributed by atoms with Gasteiger partial charge in [-0.2, -0.15) is 0 Å². The molecular formula is C12H17NO7. The molecule has 112 valence electrons. The largest absolute Gasteiger partial charge is 0.478 e. The van der Waals surface area contributed by atoms with Gasteiger partial charge in [0.25, 0.3) is 5.91 Å². The van der Waals surface area contributed by atoms with Gasteiger partial charge in [0.15, 0.2) is 0 Å². The van der Waals surface area contributed by atoms with Crippen LogP contribution in [0.1, 0.15) is 13.8 Å². The molecule has 1 N–H and O–H groups in total. The van der Waals surface area contributed by atoms with Crippen molar-refractivity contribution >= 4 is 23.8 Å². The summed E-state index contributed by atoms with van der Waals surface area (Å²) in [5, 5.41) is 8.83. The number of ether oxygens (including phenoxy) is 2. The van der Waals surface area contributed by atoms with Gasteiger partial charge in [-0.1, -0.05) is 0 Å². The molecule has 1 amide bonds. The minimum absolute atomic E-state index is 0.0784. The van der Waals surface area contributed by atoms with Crippen LogP contribution in [0.25, 0.3) is 0 Å². The summed E-state index contributed by atoms with van der Waals surface area (Å²) >= 11 is 0. The molecule has 0 aliphatic heterocycles. The smallest absolute Gasteiger partial charge is 0.331 e. The van der Waals surface area contributed by atoms with Gasteiger partial charge in [0.1, 0.15) is 13.1 Å². The second-order valence-corrected chi connectivity index (χ2v) is 3.87. The summed E-state index contributed by atoms with van der Waals surface area (Å²) in [5.74, 6) is -3.47. The van der Waals surface area contributed by atoms with Gasteiger partial charge in [-0.15, -0.1) is 0 Å². The Morgan fingerprint density at radius 3 is 1.60 bits per heavy atom. The van der Waals surface area contributed by atoms with E-state index in [1.807, 2.05) is 0 Å². The van der Waals surface area contributed by atoms with Gasteiger partial charge in [-0.05, 0) is 13.8 Å². The normalized spacial score (nSPS) is 11.2. The first kappa shape index (κ1) is 17.6. The van der Waals surface area contributed by atoms with Crippen LogP contribution in [-0.4, -0.2) is 61.1 Å². The fraction of sp³-hybridized carbons (Fsp3) is 0.500. The standard InChI is InChI=1S/C12H17NO7/c1-7(8(2)12(17)18)11(16)13(5-9(14)19-3)6-10(15)20-4/h5-6H2,1-4H3,(H,17,18). The number of carbonyl (C=O) groups is 4. The summed E-state index contributed by atoms with van der Waals surface area (Å²) in [6, 6.07) is 0. The highest BCUT2D eigenvalue weighted by atomic mass is 16.5. The highest BCUT2D eigenvalue weighted by molar-refractivity contribution is 6.03. The molecule has 0 bridgehead atoms. The van der Waals surface area contributed by atoms with Crippen molar-refractivity contribution in [1.82, 2.24) is 4.90 Å². The molecule has 0 aliphatic rings. The second kappa shape index (κ2) is 7.93. The Balaban J connectivity index is 5.25. The molecule has 0 aliphatic carbocycles. The number of amides is 1. The Bertz CT molecular complexity index is 435. The van der Waals surface area contributed by atoms with Gasteiger partial charge >= 0.3 is 17.9 Å². The molecule has 0 heterocycles. The number of esters is 2. The number of carboxylic acid groups (broad SMARTS) is 1. The van der Waals surface area contributed by atoms with E-state index in [9.17, 15) is 19.2 Å². The minimum atomic E-state index is -1.26. The first-order valence-electron chi connectivity index (χ1n) is 5.58. The Kier molecular flexibility index (Phi) is 6.98. The molecule has 0 saturated carbocycles. The van der Waals surface area contributed by atoms with Crippen molar-refractivity contribution < 1.29 is 33.8 Å². The van der Waals surface area contributed by atoms with E-state index < -0.39 is 36.9 Å². The van der Waals surface area contributed by atoms with E-state index in [0.29, 0.717) is 0 Å². The van der Waals surface area contributed by atoms with Crippen molar-refractivity contribution in [3.63, 3.8) is 0 Å². The molecular weight excluding hydrogens is 270 g/mol. The third kappa shape index (κ3) is 5.09. The molecule has 0 rings (SSSR count). The average molecular weight is 287 g/mol. The van der Waals surface area contributed by atoms with Crippen molar-refractivity contribution in [2.45, 2.75) is 13.8 Å². The van der Waals surface area contributed by atoms with Gasteiger partial charge in [0.05, 0.1) is 14.2 Å². The van der Waals surface area contributed by atoms with E-state index in [4.69, 9.17) is 5.11 Å². The van der Waals surface area contributed by atoms with Gasteiger partial charge in [-0.25, -0.2) is 4.79 Å². The van der Waals surface area contributed by atoms with Crippen molar-refractivity contribution in [3.8, 4) is 0 Å². The van der Waals surface area contributed by atoms with Crippen LogP contribution in [-0.2, 0) is 28.7 Å². The van der Waals surface area contributed by atoms with E-state index in [2.05, 4.69) is 9.47 Å². The molecule has 0 aromatic rings. The lowest BCUT2D eigenvalue weighted by atomic mass is 10.1. The minimum Gasteiger partial charge on any atom is -0.478 e. The monoisotopic (exact) mass is 287 g/mol. The number of hydrogen-bond donors (Lipinski definition) is 1. The van der Waals surface area contributed by atoms with Gasteiger partial charge < -0.3 is 19.5 Å². The maximum Gasteiger partial charge on any atom is 0.331 e. The molecule has 8 nitrogen and oxygen atoms in total. The number of hydrogen-bond acceptors (Lipinski definition) is 6. The Morgan fingerprint density at radius 1 is 0.900 bits per heavy atom. The topological polar surface area (TPSA) is 110 Å². The van der Waals surface area contributed by atoms with Crippen LogP contribution >= 0.6 is 0 Å². The van der Waals surface area contributed by atoms with Crippen LogP contribution in [0.5, 0.6) is 0 Å². The molecule has 0 unspecified atom stereocenters. The van der Waals surface area contributed by atoms with Crippen LogP contribution in [0, 0.1) is 0 Å². The lowest BCUT2D eigenvalue weighted by Crippen LogP contribution is -2.41. The zero-order valence-corrected chi connectivity index (χ0v) is 11.8. The number of carboxylic acids is 1. The number of nitrogens with zero attached hydrogens (tertiary/aromatic N) is 1. The summed E-state index contributed by atoms with van der Waals surface area (Å²) in [7, 11) is 2.27. The predicted octanol–water partition coefficient (Wildman–Crippen LogP) is -0.418. The Labute approximate surface area is 115 Å². The molecule has 0 fully saturated rings. The number of rotatable bonds is 6. The number of carbonyl (C=O) groups excluding carboxylic acids is 3. The molecule has 0 spiro atoms. The Morgan fingerprint density at radius 2 is 1.30 bits per heavy atom. The summed E-state index contributed by atoms with van der Waals surface area (Å²) in [6.07, 6.45) is 0. The predicted molar refractivity (Wildman–Crippen MR) is 66.6 cm³/mol. The van der Waals surface area contributed by atoms with Crippen molar-refractivity contribution in [3.05, 3.63) is 11.1 Å². The maximum atomic E-state index is 12.1. The van der Waals surface area contributed by atoms with E-state index in [-0.39, 0.29) is 11.1 Å². The molecule has 0 saturated heterocycles. The molecule has 0 aromatic heterocycles.